The van der Waals surface area contributed by atoms with E-state index in [-0.39, 0.29) is 17.0 Å². The summed E-state index contributed by atoms with van der Waals surface area (Å²) in [4.78, 5) is 25.2. The van der Waals surface area contributed by atoms with Crippen molar-refractivity contribution in [1.82, 2.24) is 4.90 Å². The SMILES string of the molecule is CC(C)(C)c1ccc(CN(Cc2ccco2)C(=O)c2ccc([N+](=O)[O-])cc2)cc1. The summed E-state index contributed by atoms with van der Waals surface area (Å²) in [6, 6.07) is 17.5. The number of nitro groups is 1. The van der Waals surface area contributed by atoms with Crippen molar-refractivity contribution in [2.24, 2.45) is 0 Å². The van der Waals surface area contributed by atoms with Crippen molar-refractivity contribution in [2.75, 3.05) is 0 Å². The Kier molecular flexibility index (Phi) is 5.82. The Morgan fingerprint density at radius 2 is 1.66 bits per heavy atom. The van der Waals surface area contributed by atoms with Gasteiger partial charge in [0, 0.05) is 24.2 Å². The van der Waals surface area contributed by atoms with Crippen molar-refractivity contribution in [1.29, 1.82) is 0 Å². The molecule has 0 radical (unpaired) electrons. The maximum Gasteiger partial charge on any atom is 0.269 e. The Morgan fingerprint density at radius 1 is 1.00 bits per heavy atom. The molecule has 0 unspecified atom stereocenters. The molecule has 0 aliphatic rings. The van der Waals surface area contributed by atoms with E-state index in [0.717, 1.165) is 5.56 Å². The lowest BCUT2D eigenvalue weighted by atomic mass is 9.87. The van der Waals surface area contributed by atoms with Crippen LogP contribution in [0.25, 0.3) is 0 Å². The minimum Gasteiger partial charge on any atom is -0.467 e. The summed E-state index contributed by atoms with van der Waals surface area (Å²) in [6.07, 6.45) is 1.57. The minimum atomic E-state index is -0.481. The van der Waals surface area contributed by atoms with Crippen LogP contribution in [-0.4, -0.2) is 15.7 Å². The molecule has 1 aromatic heterocycles. The summed E-state index contributed by atoms with van der Waals surface area (Å²) < 4.78 is 5.42. The molecule has 150 valence electrons. The number of hydrogen-bond acceptors (Lipinski definition) is 4. The van der Waals surface area contributed by atoms with Gasteiger partial charge >= 0.3 is 0 Å². The van der Waals surface area contributed by atoms with E-state index in [4.69, 9.17) is 4.42 Å². The first-order valence-corrected chi connectivity index (χ1v) is 9.39. The van der Waals surface area contributed by atoms with E-state index in [2.05, 4.69) is 32.9 Å². The zero-order valence-corrected chi connectivity index (χ0v) is 16.8. The fourth-order valence-corrected chi connectivity index (χ4v) is 3.03. The summed E-state index contributed by atoms with van der Waals surface area (Å²) in [6.45, 7) is 7.18. The lowest BCUT2D eigenvalue weighted by Crippen LogP contribution is -2.30. The highest BCUT2D eigenvalue weighted by atomic mass is 16.6. The normalized spacial score (nSPS) is 11.3. The summed E-state index contributed by atoms with van der Waals surface area (Å²) >= 11 is 0. The second kappa shape index (κ2) is 8.31. The van der Waals surface area contributed by atoms with Crippen LogP contribution in [0.3, 0.4) is 0 Å². The third kappa shape index (κ3) is 5.10. The molecule has 0 aliphatic carbocycles. The lowest BCUT2D eigenvalue weighted by Gasteiger charge is -2.23. The van der Waals surface area contributed by atoms with Gasteiger partial charge in [-0.2, -0.15) is 0 Å². The molecular formula is C23H24N2O4. The van der Waals surface area contributed by atoms with Crippen molar-refractivity contribution >= 4 is 11.6 Å². The van der Waals surface area contributed by atoms with Gasteiger partial charge < -0.3 is 9.32 Å². The van der Waals surface area contributed by atoms with Crippen LogP contribution in [0.1, 0.15) is 48.0 Å². The fraction of sp³-hybridized carbons (Fsp3) is 0.261. The minimum absolute atomic E-state index is 0.0445. The van der Waals surface area contributed by atoms with Gasteiger partial charge in [0.05, 0.1) is 17.7 Å². The molecule has 0 saturated heterocycles. The average Bonchev–Trinajstić information content (AvgIpc) is 3.20. The summed E-state index contributed by atoms with van der Waals surface area (Å²) in [5, 5.41) is 10.9. The Hall–Kier alpha value is -3.41. The number of non-ortho nitro benzene ring substituents is 1. The maximum atomic E-state index is 13.1. The zero-order chi connectivity index (χ0) is 21.0. The van der Waals surface area contributed by atoms with Gasteiger partial charge in [-0.1, -0.05) is 45.0 Å². The van der Waals surface area contributed by atoms with Crippen molar-refractivity contribution in [3.05, 3.63) is 99.5 Å². The highest BCUT2D eigenvalue weighted by molar-refractivity contribution is 5.94. The number of amides is 1. The van der Waals surface area contributed by atoms with Crippen LogP contribution in [0.4, 0.5) is 5.69 Å². The van der Waals surface area contributed by atoms with Gasteiger partial charge in [0.15, 0.2) is 0 Å². The predicted molar refractivity (Wildman–Crippen MR) is 111 cm³/mol. The van der Waals surface area contributed by atoms with Gasteiger partial charge in [0.2, 0.25) is 0 Å². The predicted octanol–water partition coefficient (Wildman–Crippen LogP) is 5.33. The van der Waals surface area contributed by atoms with Gasteiger partial charge in [0.1, 0.15) is 5.76 Å². The van der Waals surface area contributed by atoms with Gasteiger partial charge in [-0.05, 0) is 40.8 Å². The second-order valence-electron chi connectivity index (χ2n) is 7.99. The van der Waals surface area contributed by atoms with Crippen molar-refractivity contribution in [3.63, 3.8) is 0 Å². The van der Waals surface area contributed by atoms with E-state index < -0.39 is 4.92 Å². The van der Waals surface area contributed by atoms with Crippen LogP contribution in [-0.2, 0) is 18.5 Å². The third-order valence-corrected chi connectivity index (χ3v) is 4.73. The number of benzene rings is 2. The molecular weight excluding hydrogens is 368 g/mol. The highest BCUT2D eigenvalue weighted by Crippen LogP contribution is 2.23. The number of hydrogen-bond donors (Lipinski definition) is 0. The molecule has 6 nitrogen and oxygen atoms in total. The molecule has 0 bridgehead atoms. The smallest absolute Gasteiger partial charge is 0.269 e. The molecule has 29 heavy (non-hydrogen) atoms. The number of furan rings is 1. The van der Waals surface area contributed by atoms with Crippen molar-refractivity contribution in [3.8, 4) is 0 Å². The number of nitro benzene ring substituents is 1. The molecule has 6 heteroatoms. The first-order valence-electron chi connectivity index (χ1n) is 9.39. The molecule has 0 N–H and O–H groups in total. The third-order valence-electron chi connectivity index (χ3n) is 4.73. The highest BCUT2D eigenvalue weighted by Gasteiger charge is 2.20. The van der Waals surface area contributed by atoms with Crippen LogP contribution in [0.2, 0.25) is 0 Å². The number of carbonyl (C=O) groups excluding carboxylic acids is 1. The second-order valence-corrected chi connectivity index (χ2v) is 7.99. The fourth-order valence-electron chi connectivity index (χ4n) is 3.03. The summed E-state index contributed by atoms with van der Waals surface area (Å²) in [5.74, 6) is 0.461. The van der Waals surface area contributed by atoms with Gasteiger partial charge in [-0.3, -0.25) is 14.9 Å². The molecule has 1 heterocycles. The Morgan fingerprint density at radius 3 is 2.17 bits per heavy atom. The molecule has 0 spiro atoms. The average molecular weight is 392 g/mol. The molecule has 3 rings (SSSR count). The van der Waals surface area contributed by atoms with Crippen LogP contribution in [0.5, 0.6) is 0 Å². The van der Waals surface area contributed by atoms with E-state index in [1.807, 2.05) is 18.2 Å². The topological polar surface area (TPSA) is 76.6 Å². The quantitative estimate of drug-likeness (QED) is 0.420. The molecule has 2 aromatic carbocycles. The van der Waals surface area contributed by atoms with E-state index in [1.165, 1.54) is 29.8 Å². The van der Waals surface area contributed by atoms with Crippen molar-refractivity contribution < 1.29 is 14.1 Å². The Balaban J connectivity index is 1.84. The molecule has 0 atom stereocenters. The maximum absolute atomic E-state index is 13.1. The van der Waals surface area contributed by atoms with Crippen LogP contribution in [0.15, 0.2) is 71.3 Å². The van der Waals surface area contributed by atoms with Gasteiger partial charge in [-0.15, -0.1) is 0 Å². The van der Waals surface area contributed by atoms with Gasteiger partial charge in [0.25, 0.3) is 11.6 Å². The van der Waals surface area contributed by atoms with Crippen LogP contribution in [0, 0.1) is 10.1 Å². The number of rotatable bonds is 6. The summed E-state index contributed by atoms with van der Waals surface area (Å²) in [7, 11) is 0. The molecule has 0 fully saturated rings. The van der Waals surface area contributed by atoms with Gasteiger partial charge in [-0.25, -0.2) is 0 Å². The standard InChI is InChI=1S/C23H24N2O4/c1-23(2,3)19-10-6-17(7-11-19)15-24(16-21-5-4-14-29-21)22(26)18-8-12-20(13-9-18)25(27)28/h4-14H,15-16H2,1-3H3. The van der Waals surface area contributed by atoms with Crippen LogP contribution < -0.4 is 0 Å². The molecule has 1 amide bonds. The van der Waals surface area contributed by atoms with E-state index >= 15 is 0 Å². The van der Waals surface area contributed by atoms with E-state index in [9.17, 15) is 14.9 Å². The first kappa shape index (κ1) is 20.3. The molecule has 3 aromatic rings. The van der Waals surface area contributed by atoms with E-state index in [1.54, 1.807) is 17.2 Å². The first-order chi connectivity index (χ1) is 13.7. The van der Waals surface area contributed by atoms with E-state index in [0.29, 0.717) is 24.4 Å². The summed E-state index contributed by atoms with van der Waals surface area (Å²) in [5.41, 5.74) is 2.63. The molecule has 0 saturated carbocycles. The zero-order valence-electron chi connectivity index (χ0n) is 16.8. The Labute approximate surface area is 169 Å². The lowest BCUT2D eigenvalue weighted by molar-refractivity contribution is -0.384. The van der Waals surface area contributed by atoms with Crippen molar-refractivity contribution in [2.45, 2.75) is 39.3 Å². The number of carbonyl (C=O) groups is 1. The van der Waals surface area contributed by atoms with Crippen LogP contribution >= 0.6 is 0 Å². The largest absolute Gasteiger partial charge is 0.467 e. The number of nitrogens with zero attached hydrogens (tertiary/aromatic N) is 2. The monoisotopic (exact) mass is 392 g/mol. The Bertz CT molecular complexity index is 969. The molecule has 0 aliphatic heterocycles.